The summed E-state index contributed by atoms with van der Waals surface area (Å²) in [6.07, 6.45) is 5.24. The van der Waals surface area contributed by atoms with Crippen molar-refractivity contribution in [2.75, 3.05) is 14.2 Å². The number of hydrogen-bond donors (Lipinski definition) is 2. The van der Waals surface area contributed by atoms with Crippen LogP contribution >= 0.6 is 0 Å². The maximum absolute atomic E-state index is 11.4. The Balaban J connectivity index is 3.17. The maximum atomic E-state index is 11.4. The molecule has 0 heterocycles. The molecule has 1 rings (SSSR count). The van der Waals surface area contributed by atoms with E-state index in [0.717, 1.165) is 0 Å². The van der Waals surface area contributed by atoms with Gasteiger partial charge in [0.1, 0.15) is 5.75 Å². The molecule has 1 aromatic carbocycles. The Hall–Kier alpha value is -1.99. The van der Waals surface area contributed by atoms with Gasteiger partial charge in [0.2, 0.25) is 0 Å². The standard InChI is InChI=1S/C12H14N2O2/c1-4-10(13)9-6-5-8(12(15)14-2)7-11(9)16-3/h1,5-7,10H,13H2,2-3H3,(H,14,15). The summed E-state index contributed by atoms with van der Waals surface area (Å²) in [6, 6.07) is 4.45. The van der Waals surface area contributed by atoms with Crippen molar-refractivity contribution in [3.05, 3.63) is 29.3 Å². The number of amides is 1. The van der Waals surface area contributed by atoms with E-state index in [1.54, 1.807) is 25.2 Å². The number of benzene rings is 1. The van der Waals surface area contributed by atoms with E-state index in [4.69, 9.17) is 16.9 Å². The van der Waals surface area contributed by atoms with Crippen LogP contribution in [0.1, 0.15) is 22.0 Å². The summed E-state index contributed by atoms with van der Waals surface area (Å²) in [4.78, 5) is 11.4. The quantitative estimate of drug-likeness (QED) is 0.733. The Morgan fingerprint density at radius 2 is 2.31 bits per heavy atom. The zero-order valence-corrected chi connectivity index (χ0v) is 9.28. The van der Waals surface area contributed by atoms with E-state index >= 15 is 0 Å². The lowest BCUT2D eigenvalue weighted by Gasteiger charge is -2.12. The Bertz CT molecular complexity index is 435. The fraction of sp³-hybridized carbons (Fsp3) is 0.250. The number of carbonyl (C=O) groups is 1. The van der Waals surface area contributed by atoms with Crippen LogP contribution in [0.4, 0.5) is 0 Å². The van der Waals surface area contributed by atoms with Gasteiger partial charge in [-0.15, -0.1) is 6.42 Å². The van der Waals surface area contributed by atoms with Crippen LogP contribution in [0, 0.1) is 12.3 Å². The van der Waals surface area contributed by atoms with Gasteiger partial charge in [0.25, 0.3) is 5.91 Å². The molecule has 1 atom stereocenters. The third-order valence-electron chi connectivity index (χ3n) is 2.24. The number of nitrogens with one attached hydrogen (secondary N) is 1. The molecule has 3 N–H and O–H groups in total. The molecule has 0 saturated carbocycles. The second-order valence-electron chi connectivity index (χ2n) is 3.18. The minimum absolute atomic E-state index is 0.181. The molecule has 84 valence electrons. The molecule has 0 bridgehead atoms. The first-order chi connectivity index (χ1) is 7.63. The molecule has 4 heteroatoms. The predicted molar refractivity (Wildman–Crippen MR) is 62.1 cm³/mol. The molecule has 1 unspecified atom stereocenters. The van der Waals surface area contributed by atoms with E-state index < -0.39 is 6.04 Å². The van der Waals surface area contributed by atoms with Crippen molar-refractivity contribution < 1.29 is 9.53 Å². The zero-order chi connectivity index (χ0) is 12.1. The summed E-state index contributed by atoms with van der Waals surface area (Å²) in [6.45, 7) is 0. The molecule has 0 fully saturated rings. The second kappa shape index (κ2) is 5.19. The van der Waals surface area contributed by atoms with Crippen molar-refractivity contribution in [2.45, 2.75) is 6.04 Å². The molecule has 0 saturated heterocycles. The minimum atomic E-state index is -0.534. The minimum Gasteiger partial charge on any atom is -0.496 e. The maximum Gasteiger partial charge on any atom is 0.251 e. The summed E-state index contributed by atoms with van der Waals surface area (Å²) in [5, 5.41) is 2.53. The summed E-state index contributed by atoms with van der Waals surface area (Å²) < 4.78 is 5.15. The van der Waals surface area contributed by atoms with E-state index in [0.29, 0.717) is 16.9 Å². The van der Waals surface area contributed by atoms with Crippen LogP contribution in [-0.4, -0.2) is 20.1 Å². The number of carbonyl (C=O) groups excluding carboxylic acids is 1. The van der Waals surface area contributed by atoms with Crippen LogP contribution in [0.15, 0.2) is 18.2 Å². The molecule has 0 aliphatic heterocycles. The van der Waals surface area contributed by atoms with E-state index in [-0.39, 0.29) is 5.91 Å². The highest BCUT2D eigenvalue weighted by Crippen LogP contribution is 2.24. The lowest BCUT2D eigenvalue weighted by molar-refractivity contribution is 0.0962. The Labute approximate surface area is 94.8 Å². The van der Waals surface area contributed by atoms with E-state index in [1.807, 2.05) is 0 Å². The molecule has 0 spiro atoms. The Kier molecular flexibility index (Phi) is 3.92. The molecule has 1 aromatic rings. The van der Waals surface area contributed by atoms with Crippen molar-refractivity contribution in [2.24, 2.45) is 5.73 Å². The average molecular weight is 218 g/mol. The summed E-state index contributed by atoms with van der Waals surface area (Å²) in [7, 11) is 3.07. The van der Waals surface area contributed by atoms with Crippen LogP contribution < -0.4 is 15.8 Å². The van der Waals surface area contributed by atoms with Crippen LogP contribution in [-0.2, 0) is 0 Å². The highest BCUT2D eigenvalue weighted by molar-refractivity contribution is 5.94. The van der Waals surface area contributed by atoms with E-state index in [9.17, 15) is 4.79 Å². The molecule has 0 aliphatic rings. The molecule has 1 amide bonds. The summed E-state index contributed by atoms with van der Waals surface area (Å²) >= 11 is 0. The van der Waals surface area contributed by atoms with Gasteiger partial charge in [0.05, 0.1) is 13.2 Å². The number of terminal acetylenes is 1. The van der Waals surface area contributed by atoms with Crippen LogP contribution in [0.5, 0.6) is 5.75 Å². The van der Waals surface area contributed by atoms with E-state index in [2.05, 4.69) is 11.2 Å². The van der Waals surface area contributed by atoms with Crippen LogP contribution in [0.3, 0.4) is 0 Å². The van der Waals surface area contributed by atoms with Crippen molar-refractivity contribution >= 4 is 5.91 Å². The first-order valence-corrected chi connectivity index (χ1v) is 4.75. The fourth-order valence-electron chi connectivity index (χ4n) is 1.34. The van der Waals surface area contributed by atoms with Crippen LogP contribution in [0.2, 0.25) is 0 Å². The second-order valence-corrected chi connectivity index (χ2v) is 3.18. The SMILES string of the molecule is C#CC(N)c1ccc(C(=O)NC)cc1OC. The normalized spacial score (nSPS) is 11.4. The Morgan fingerprint density at radius 3 is 2.81 bits per heavy atom. The van der Waals surface area contributed by atoms with Gasteiger partial charge in [-0.05, 0) is 12.1 Å². The molecule has 16 heavy (non-hydrogen) atoms. The summed E-state index contributed by atoms with van der Waals surface area (Å²) in [5.41, 5.74) is 6.91. The largest absolute Gasteiger partial charge is 0.496 e. The van der Waals surface area contributed by atoms with Gasteiger partial charge in [-0.2, -0.15) is 0 Å². The number of hydrogen-bond acceptors (Lipinski definition) is 3. The molecule has 0 aliphatic carbocycles. The smallest absolute Gasteiger partial charge is 0.251 e. The predicted octanol–water partition coefficient (Wildman–Crippen LogP) is 0.688. The number of nitrogens with two attached hydrogens (primary N) is 1. The van der Waals surface area contributed by atoms with Gasteiger partial charge < -0.3 is 15.8 Å². The highest BCUT2D eigenvalue weighted by atomic mass is 16.5. The number of rotatable bonds is 3. The number of methoxy groups -OCH3 is 1. The molecule has 0 radical (unpaired) electrons. The Morgan fingerprint density at radius 1 is 1.62 bits per heavy atom. The van der Waals surface area contributed by atoms with Crippen molar-refractivity contribution in [1.82, 2.24) is 5.32 Å². The molecular weight excluding hydrogens is 204 g/mol. The first kappa shape index (κ1) is 12.1. The van der Waals surface area contributed by atoms with Gasteiger partial charge >= 0.3 is 0 Å². The summed E-state index contributed by atoms with van der Waals surface area (Å²) in [5.74, 6) is 2.75. The van der Waals surface area contributed by atoms with Crippen molar-refractivity contribution in [3.8, 4) is 18.1 Å². The molecular formula is C12H14N2O2. The first-order valence-electron chi connectivity index (χ1n) is 4.75. The highest BCUT2D eigenvalue weighted by Gasteiger charge is 2.12. The van der Waals surface area contributed by atoms with Gasteiger partial charge in [0.15, 0.2) is 0 Å². The molecule has 0 aromatic heterocycles. The van der Waals surface area contributed by atoms with Gasteiger partial charge in [-0.3, -0.25) is 4.79 Å². The number of ether oxygens (including phenoxy) is 1. The average Bonchev–Trinajstić information content (AvgIpc) is 2.35. The molecule has 4 nitrogen and oxygen atoms in total. The topological polar surface area (TPSA) is 64.4 Å². The third kappa shape index (κ3) is 2.33. The van der Waals surface area contributed by atoms with Crippen molar-refractivity contribution in [3.63, 3.8) is 0 Å². The van der Waals surface area contributed by atoms with Crippen molar-refractivity contribution in [1.29, 1.82) is 0 Å². The van der Waals surface area contributed by atoms with Gasteiger partial charge in [-0.25, -0.2) is 0 Å². The van der Waals surface area contributed by atoms with Gasteiger partial charge in [-0.1, -0.05) is 12.0 Å². The van der Waals surface area contributed by atoms with Crippen LogP contribution in [0.25, 0.3) is 0 Å². The lowest BCUT2D eigenvalue weighted by atomic mass is 10.0. The van der Waals surface area contributed by atoms with E-state index in [1.165, 1.54) is 7.11 Å². The lowest BCUT2D eigenvalue weighted by Crippen LogP contribution is -2.18. The third-order valence-corrected chi connectivity index (χ3v) is 2.24. The fourth-order valence-corrected chi connectivity index (χ4v) is 1.34. The zero-order valence-electron chi connectivity index (χ0n) is 9.28. The monoisotopic (exact) mass is 218 g/mol. The van der Waals surface area contributed by atoms with Gasteiger partial charge in [0, 0.05) is 18.2 Å².